The van der Waals surface area contributed by atoms with E-state index in [4.69, 9.17) is 0 Å². The molecule has 6 nitrogen and oxygen atoms in total. The summed E-state index contributed by atoms with van der Waals surface area (Å²) in [5.41, 5.74) is 0.597. The van der Waals surface area contributed by atoms with E-state index in [9.17, 15) is 22.6 Å². The molecule has 9 heteroatoms. The SMILES string of the molecule is COC(=O)c1c(F)cccc1-c1ccc(CNC(=O)CCCN2CCS(=O)CC2)c(F)c1. The quantitative estimate of drug-likeness (QED) is 0.608. The number of amides is 1. The molecule has 1 fully saturated rings. The summed E-state index contributed by atoms with van der Waals surface area (Å²) in [5.74, 6) is -0.968. The fraction of sp³-hybridized carbons (Fsp3) is 0.391. The second-order valence-electron chi connectivity index (χ2n) is 7.53. The van der Waals surface area contributed by atoms with Crippen molar-refractivity contribution in [3.8, 4) is 11.1 Å². The number of carbonyl (C=O) groups excluding carboxylic acids is 2. The third-order valence-corrected chi connectivity index (χ3v) is 6.67. The Morgan fingerprint density at radius 2 is 1.88 bits per heavy atom. The van der Waals surface area contributed by atoms with Crippen LogP contribution in [0.4, 0.5) is 8.78 Å². The molecule has 1 heterocycles. The highest BCUT2D eigenvalue weighted by molar-refractivity contribution is 7.85. The van der Waals surface area contributed by atoms with E-state index in [-0.39, 0.29) is 29.1 Å². The van der Waals surface area contributed by atoms with Gasteiger partial charge in [-0.3, -0.25) is 9.00 Å². The minimum atomic E-state index is -0.840. The molecule has 3 rings (SSSR count). The van der Waals surface area contributed by atoms with Gasteiger partial charge in [0.25, 0.3) is 0 Å². The Hall–Kier alpha value is -2.65. The molecule has 0 atom stereocenters. The van der Waals surface area contributed by atoms with Crippen LogP contribution in [0.25, 0.3) is 11.1 Å². The standard InChI is InChI=1S/C23H26F2N2O4S/c1-31-23(29)22-18(4-2-5-19(22)24)16-7-8-17(20(25)14-16)15-26-21(28)6-3-9-27-10-12-32(30)13-11-27/h2,4-5,7-8,14H,3,6,9-13,15H2,1H3,(H,26,28). The van der Waals surface area contributed by atoms with E-state index in [0.29, 0.717) is 29.9 Å². The highest BCUT2D eigenvalue weighted by atomic mass is 32.2. The van der Waals surface area contributed by atoms with Crippen molar-refractivity contribution < 1.29 is 27.3 Å². The van der Waals surface area contributed by atoms with E-state index in [2.05, 4.69) is 15.0 Å². The van der Waals surface area contributed by atoms with Crippen LogP contribution in [-0.2, 0) is 26.9 Å². The summed E-state index contributed by atoms with van der Waals surface area (Å²) in [6.07, 6.45) is 1.00. The summed E-state index contributed by atoms with van der Waals surface area (Å²) in [6.45, 7) is 2.37. The van der Waals surface area contributed by atoms with Gasteiger partial charge in [0, 0.05) is 53.9 Å². The second kappa shape index (κ2) is 11.3. The molecule has 172 valence electrons. The van der Waals surface area contributed by atoms with Crippen molar-refractivity contribution in [3.05, 3.63) is 59.2 Å². The molecule has 0 bridgehead atoms. The molecule has 0 saturated carbocycles. The minimum Gasteiger partial charge on any atom is -0.465 e. The average molecular weight is 465 g/mol. The number of hydrogen-bond acceptors (Lipinski definition) is 5. The highest BCUT2D eigenvalue weighted by Gasteiger charge is 2.19. The van der Waals surface area contributed by atoms with Crippen LogP contribution in [0.2, 0.25) is 0 Å². The molecular formula is C23H26F2N2O4S. The number of hydrogen-bond donors (Lipinski definition) is 1. The number of benzene rings is 2. The van der Waals surface area contributed by atoms with Crippen LogP contribution >= 0.6 is 0 Å². The Kier molecular flexibility index (Phi) is 8.46. The number of esters is 1. The maximum atomic E-state index is 14.6. The van der Waals surface area contributed by atoms with E-state index < -0.39 is 28.4 Å². The topological polar surface area (TPSA) is 75.7 Å². The van der Waals surface area contributed by atoms with E-state index in [1.807, 2.05) is 0 Å². The summed E-state index contributed by atoms with van der Waals surface area (Å²) in [6, 6.07) is 8.39. The summed E-state index contributed by atoms with van der Waals surface area (Å²) >= 11 is 0. The molecular weight excluding hydrogens is 438 g/mol. The van der Waals surface area contributed by atoms with E-state index in [0.717, 1.165) is 32.8 Å². The summed E-state index contributed by atoms with van der Waals surface area (Å²) in [4.78, 5) is 26.2. The second-order valence-corrected chi connectivity index (χ2v) is 9.23. The number of rotatable bonds is 8. The van der Waals surface area contributed by atoms with Gasteiger partial charge in [-0.2, -0.15) is 0 Å². The van der Waals surface area contributed by atoms with Gasteiger partial charge in [0.15, 0.2) is 0 Å². The fourth-order valence-electron chi connectivity index (χ4n) is 3.58. The zero-order chi connectivity index (χ0) is 23.1. The number of nitrogens with zero attached hydrogens (tertiary/aromatic N) is 1. The van der Waals surface area contributed by atoms with Crippen molar-refractivity contribution >= 4 is 22.7 Å². The predicted molar refractivity (Wildman–Crippen MR) is 119 cm³/mol. The molecule has 0 spiro atoms. The lowest BCUT2D eigenvalue weighted by atomic mass is 9.98. The molecule has 1 saturated heterocycles. The lowest BCUT2D eigenvalue weighted by Crippen LogP contribution is -2.38. The summed E-state index contributed by atoms with van der Waals surface area (Å²) in [5, 5.41) is 2.71. The van der Waals surface area contributed by atoms with Gasteiger partial charge in [-0.25, -0.2) is 13.6 Å². The predicted octanol–water partition coefficient (Wildman–Crippen LogP) is 2.88. The van der Waals surface area contributed by atoms with Crippen molar-refractivity contribution in [2.24, 2.45) is 0 Å². The van der Waals surface area contributed by atoms with Crippen LogP contribution in [0.5, 0.6) is 0 Å². The Bertz CT molecular complexity index is 1010. The van der Waals surface area contributed by atoms with Crippen molar-refractivity contribution in [2.75, 3.05) is 38.2 Å². The maximum absolute atomic E-state index is 14.6. The van der Waals surface area contributed by atoms with Crippen LogP contribution in [0.3, 0.4) is 0 Å². The fourth-order valence-corrected chi connectivity index (χ4v) is 4.70. The van der Waals surface area contributed by atoms with Gasteiger partial charge in [0.2, 0.25) is 5.91 Å². The molecule has 1 amide bonds. The summed E-state index contributed by atoms with van der Waals surface area (Å²) in [7, 11) is 0.433. The van der Waals surface area contributed by atoms with E-state index in [1.165, 1.54) is 24.3 Å². The van der Waals surface area contributed by atoms with Gasteiger partial charge in [0.1, 0.15) is 17.2 Å². The first-order valence-electron chi connectivity index (χ1n) is 10.4. The van der Waals surface area contributed by atoms with Gasteiger partial charge in [-0.05, 0) is 36.2 Å². The lowest BCUT2D eigenvalue weighted by molar-refractivity contribution is -0.121. The van der Waals surface area contributed by atoms with Crippen molar-refractivity contribution in [1.82, 2.24) is 10.2 Å². The average Bonchev–Trinajstić information content (AvgIpc) is 2.79. The molecule has 1 N–H and O–H groups in total. The summed E-state index contributed by atoms with van der Waals surface area (Å²) < 4.78 is 44.8. The van der Waals surface area contributed by atoms with Crippen molar-refractivity contribution in [1.29, 1.82) is 0 Å². The van der Waals surface area contributed by atoms with Crippen LogP contribution in [-0.4, -0.2) is 59.2 Å². The number of methoxy groups -OCH3 is 1. The van der Waals surface area contributed by atoms with Crippen LogP contribution in [0.15, 0.2) is 36.4 Å². The number of ether oxygens (including phenoxy) is 1. The molecule has 0 aliphatic carbocycles. The van der Waals surface area contributed by atoms with Gasteiger partial charge in [-0.1, -0.05) is 24.3 Å². The smallest absolute Gasteiger partial charge is 0.341 e. The first-order chi connectivity index (χ1) is 15.4. The molecule has 1 aliphatic rings. The largest absolute Gasteiger partial charge is 0.465 e. The molecule has 32 heavy (non-hydrogen) atoms. The van der Waals surface area contributed by atoms with Gasteiger partial charge >= 0.3 is 5.97 Å². The molecule has 0 unspecified atom stereocenters. The van der Waals surface area contributed by atoms with E-state index >= 15 is 0 Å². The normalized spacial score (nSPS) is 14.8. The Morgan fingerprint density at radius 3 is 2.56 bits per heavy atom. The lowest BCUT2D eigenvalue weighted by Gasteiger charge is -2.25. The molecule has 0 aromatic heterocycles. The molecule has 0 radical (unpaired) electrons. The van der Waals surface area contributed by atoms with Gasteiger partial charge in [-0.15, -0.1) is 0 Å². The Labute approximate surface area is 188 Å². The van der Waals surface area contributed by atoms with Crippen LogP contribution in [0, 0.1) is 11.6 Å². The first kappa shape index (κ1) is 24.0. The monoisotopic (exact) mass is 464 g/mol. The Balaban J connectivity index is 1.56. The van der Waals surface area contributed by atoms with Crippen LogP contribution in [0.1, 0.15) is 28.8 Å². The van der Waals surface area contributed by atoms with E-state index in [1.54, 1.807) is 6.07 Å². The third kappa shape index (κ3) is 6.20. The first-order valence-corrected chi connectivity index (χ1v) is 11.9. The van der Waals surface area contributed by atoms with Gasteiger partial charge < -0.3 is 15.0 Å². The van der Waals surface area contributed by atoms with Gasteiger partial charge in [0.05, 0.1) is 7.11 Å². The maximum Gasteiger partial charge on any atom is 0.341 e. The third-order valence-electron chi connectivity index (χ3n) is 5.39. The molecule has 1 aliphatic heterocycles. The Morgan fingerprint density at radius 1 is 1.12 bits per heavy atom. The minimum absolute atomic E-state index is 0.0284. The van der Waals surface area contributed by atoms with Crippen molar-refractivity contribution in [2.45, 2.75) is 19.4 Å². The number of nitrogens with one attached hydrogen (secondary N) is 1. The number of halogens is 2. The highest BCUT2D eigenvalue weighted by Crippen LogP contribution is 2.28. The molecule has 2 aromatic rings. The van der Waals surface area contributed by atoms with Crippen LogP contribution < -0.4 is 5.32 Å². The molecule has 2 aromatic carbocycles. The zero-order valence-corrected chi connectivity index (χ0v) is 18.7. The number of carbonyl (C=O) groups is 2. The zero-order valence-electron chi connectivity index (χ0n) is 17.9. The van der Waals surface area contributed by atoms with Crippen molar-refractivity contribution in [3.63, 3.8) is 0 Å².